The lowest BCUT2D eigenvalue weighted by atomic mass is 10.3. The van der Waals surface area contributed by atoms with Crippen LogP contribution >= 0.6 is 10.7 Å². The number of carbonyl (C=O) groups excluding carboxylic acids is 1. The Labute approximate surface area is 127 Å². The van der Waals surface area contributed by atoms with Gasteiger partial charge < -0.3 is 9.88 Å². The normalized spacial score (nSPS) is 11.5. The van der Waals surface area contributed by atoms with Crippen LogP contribution in [0.25, 0.3) is 0 Å². The summed E-state index contributed by atoms with van der Waals surface area (Å²) in [6.07, 6.45) is 0.831. The van der Waals surface area contributed by atoms with Gasteiger partial charge in [-0.1, -0.05) is 0 Å². The summed E-state index contributed by atoms with van der Waals surface area (Å²) in [7, 11) is 1.91. The minimum atomic E-state index is -4.37. The predicted molar refractivity (Wildman–Crippen MR) is 72.7 cm³/mol. The number of rotatable bonds is 3. The van der Waals surface area contributed by atoms with Crippen LogP contribution in [0.5, 0.6) is 0 Å². The number of aromatic nitrogens is 1. The van der Waals surface area contributed by atoms with Crippen LogP contribution in [0.1, 0.15) is 10.5 Å². The molecule has 0 unspecified atom stereocenters. The molecule has 0 aliphatic rings. The van der Waals surface area contributed by atoms with Crippen molar-refractivity contribution >= 4 is 31.3 Å². The molecule has 118 valence electrons. The van der Waals surface area contributed by atoms with Crippen LogP contribution in [0.15, 0.2) is 29.3 Å². The van der Waals surface area contributed by atoms with Crippen LogP contribution in [-0.2, 0) is 16.1 Å². The number of benzene rings is 1. The fourth-order valence-electron chi connectivity index (χ4n) is 1.76. The molecule has 2 aromatic rings. The Morgan fingerprint density at radius 3 is 2.36 bits per heavy atom. The van der Waals surface area contributed by atoms with Crippen LogP contribution in [0, 0.1) is 17.5 Å². The highest BCUT2D eigenvalue weighted by Crippen LogP contribution is 2.24. The molecule has 1 amide bonds. The number of hydrogen-bond acceptors (Lipinski definition) is 3. The van der Waals surface area contributed by atoms with Gasteiger partial charge in [0.1, 0.15) is 10.6 Å². The highest BCUT2D eigenvalue weighted by atomic mass is 35.7. The Morgan fingerprint density at radius 2 is 1.86 bits per heavy atom. The van der Waals surface area contributed by atoms with E-state index in [0.29, 0.717) is 6.07 Å². The van der Waals surface area contributed by atoms with Gasteiger partial charge in [-0.2, -0.15) is 0 Å². The first-order chi connectivity index (χ1) is 10.1. The van der Waals surface area contributed by atoms with E-state index < -0.39 is 43.0 Å². The van der Waals surface area contributed by atoms with Gasteiger partial charge in [-0.3, -0.25) is 4.79 Å². The second-order valence-corrected chi connectivity index (χ2v) is 6.82. The first-order valence-corrected chi connectivity index (χ1v) is 7.98. The third kappa shape index (κ3) is 3.09. The molecular weight excluding hydrogens is 345 g/mol. The minimum Gasteiger partial charge on any atom is -0.343 e. The van der Waals surface area contributed by atoms with Crippen molar-refractivity contribution in [3.8, 4) is 0 Å². The zero-order valence-corrected chi connectivity index (χ0v) is 12.5. The molecule has 0 saturated carbocycles. The number of nitrogens with zero attached hydrogens (tertiary/aromatic N) is 1. The van der Waals surface area contributed by atoms with Gasteiger partial charge in [0.15, 0.2) is 17.5 Å². The monoisotopic (exact) mass is 352 g/mol. The molecular formula is C12H8ClF3N2O3S. The fraction of sp³-hybridized carbons (Fsp3) is 0.0833. The largest absolute Gasteiger partial charge is 0.343 e. The maximum atomic E-state index is 14.0. The Morgan fingerprint density at radius 1 is 1.23 bits per heavy atom. The maximum Gasteiger partial charge on any atom is 0.275 e. The third-order valence-corrected chi connectivity index (χ3v) is 4.05. The summed E-state index contributed by atoms with van der Waals surface area (Å²) in [6, 6.07) is 2.55. The smallest absolute Gasteiger partial charge is 0.275 e. The molecule has 10 heteroatoms. The van der Waals surface area contributed by atoms with Crippen LogP contribution in [0.4, 0.5) is 18.9 Å². The van der Waals surface area contributed by atoms with E-state index in [9.17, 15) is 26.4 Å². The van der Waals surface area contributed by atoms with Crippen molar-refractivity contribution in [1.29, 1.82) is 0 Å². The van der Waals surface area contributed by atoms with Gasteiger partial charge in [0.2, 0.25) is 0 Å². The van der Waals surface area contributed by atoms with E-state index in [-0.39, 0.29) is 5.69 Å². The van der Waals surface area contributed by atoms with E-state index in [1.54, 1.807) is 0 Å². The summed E-state index contributed by atoms with van der Waals surface area (Å²) < 4.78 is 63.1. The lowest BCUT2D eigenvalue weighted by molar-refractivity contribution is 0.101. The van der Waals surface area contributed by atoms with Gasteiger partial charge in [-0.05, 0) is 12.1 Å². The first-order valence-electron chi connectivity index (χ1n) is 5.67. The van der Waals surface area contributed by atoms with Crippen molar-refractivity contribution in [2.45, 2.75) is 4.90 Å². The Balaban J connectivity index is 2.38. The average Bonchev–Trinajstić information content (AvgIpc) is 2.69. The van der Waals surface area contributed by atoms with Crippen molar-refractivity contribution in [3.63, 3.8) is 0 Å². The Hall–Kier alpha value is -2.00. The first kappa shape index (κ1) is 16.4. The second kappa shape index (κ2) is 5.65. The van der Waals surface area contributed by atoms with Crippen molar-refractivity contribution in [2.24, 2.45) is 7.05 Å². The summed E-state index contributed by atoms with van der Waals surface area (Å²) in [5.74, 6) is -4.69. The number of anilines is 1. The average molecular weight is 353 g/mol. The molecule has 0 radical (unpaired) electrons. The number of amides is 1. The quantitative estimate of drug-likeness (QED) is 0.863. The molecule has 0 spiro atoms. The molecule has 1 N–H and O–H groups in total. The SMILES string of the molecule is Cn1cc(S(=O)(=O)Cl)c(F)c1C(=O)Nc1ccc(F)c(F)c1. The standard InChI is InChI=1S/C12H8ClF3N2O3S/c1-18-5-9(22(13,20)21)10(16)11(18)12(19)17-6-2-3-7(14)8(15)4-6/h2-5H,1H3,(H,17,19). The molecule has 0 fully saturated rings. The minimum absolute atomic E-state index is 0.125. The Bertz CT molecular complexity index is 865. The van der Waals surface area contributed by atoms with Crippen molar-refractivity contribution in [3.05, 3.63) is 47.5 Å². The van der Waals surface area contributed by atoms with Gasteiger partial charge >= 0.3 is 0 Å². The van der Waals surface area contributed by atoms with Crippen LogP contribution in [0.3, 0.4) is 0 Å². The van der Waals surface area contributed by atoms with Crippen molar-refractivity contribution in [1.82, 2.24) is 4.57 Å². The molecule has 1 aromatic heterocycles. The summed E-state index contributed by atoms with van der Waals surface area (Å²) in [5, 5.41) is 2.13. The van der Waals surface area contributed by atoms with E-state index in [2.05, 4.69) is 5.32 Å². The number of halogens is 4. The van der Waals surface area contributed by atoms with E-state index in [1.165, 1.54) is 7.05 Å². The molecule has 0 bridgehead atoms. The van der Waals surface area contributed by atoms with E-state index in [1.807, 2.05) is 0 Å². The topological polar surface area (TPSA) is 68.2 Å². The van der Waals surface area contributed by atoms with Gasteiger partial charge in [0.25, 0.3) is 15.0 Å². The third-order valence-electron chi connectivity index (χ3n) is 2.74. The highest BCUT2D eigenvalue weighted by Gasteiger charge is 2.27. The summed E-state index contributed by atoms with van der Waals surface area (Å²) in [6.45, 7) is 0. The van der Waals surface area contributed by atoms with Crippen LogP contribution in [-0.4, -0.2) is 18.9 Å². The van der Waals surface area contributed by atoms with Crippen molar-refractivity contribution in [2.75, 3.05) is 5.32 Å². The molecule has 0 aliphatic heterocycles. The number of aryl methyl sites for hydroxylation is 1. The molecule has 22 heavy (non-hydrogen) atoms. The number of nitrogens with one attached hydrogen (secondary N) is 1. The van der Waals surface area contributed by atoms with Gasteiger partial charge in [0.05, 0.1) is 0 Å². The molecule has 1 aromatic carbocycles. The summed E-state index contributed by atoms with van der Waals surface area (Å²) in [5.41, 5.74) is -0.747. The van der Waals surface area contributed by atoms with Gasteiger partial charge in [-0.25, -0.2) is 21.6 Å². The van der Waals surface area contributed by atoms with Gasteiger partial charge in [-0.15, -0.1) is 0 Å². The molecule has 1 heterocycles. The lowest BCUT2D eigenvalue weighted by Gasteiger charge is -2.06. The zero-order valence-electron chi connectivity index (χ0n) is 10.9. The maximum absolute atomic E-state index is 14.0. The molecule has 5 nitrogen and oxygen atoms in total. The molecule has 2 rings (SSSR count). The fourth-order valence-corrected chi connectivity index (χ4v) is 2.68. The second-order valence-electron chi connectivity index (χ2n) is 4.29. The van der Waals surface area contributed by atoms with E-state index >= 15 is 0 Å². The van der Waals surface area contributed by atoms with Crippen LogP contribution < -0.4 is 5.32 Å². The van der Waals surface area contributed by atoms with Crippen LogP contribution in [0.2, 0.25) is 0 Å². The predicted octanol–water partition coefficient (Wildman–Crippen LogP) is 2.62. The number of carbonyl (C=O) groups is 1. The number of hydrogen-bond donors (Lipinski definition) is 1. The van der Waals surface area contributed by atoms with Crippen molar-refractivity contribution < 1.29 is 26.4 Å². The Kier molecular flexibility index (Phi) is 4.21. The lowest BCUT2D eigenvalue weighted by Crippen LogP contribution is -2.17. The summed E-state index contributed by atoms with van der Waals surface area (Å²) in [4.78, 5) is 11.1. The van der Waals surface area contributed by atoms with E-state index in [4.69, 9.17) is 10.7 Å². The highest BCUT2D eigenvalue weighted by molar-refractivity contribution is 8.13. The molecule has 0 aliphatic carbocycles. The summed E-state index contributed by atoms with van der Waals surface area (Å²) >= 11 is 0. The molecule has 0 atom stereocenters. The molecule has 0 saturated heterocycles. The van der Waals surface area contributed by atoms with Gasteiger partial charge in [0, 0.05) is 35.7 Å². The van der Waals surface area contributed by atoms with E-state index in [0.717, 1.165) is 22.9 Å². The zero-order chi connectivity index (χ0) is 16.7.